The molecule has 1 aliphatic rings. The van der Waals surface area contributed by atoms with E-state index >= 15 is 0 Å². The predicted octanol–water partition coefficient (Wildman–Crippen LogP) is 16.8. The molecule has 0 aliphatic heterocycles. The molecule has 1 saturated carbocycles. The minimum atomic E-state index is 0. The van der Waals surface area contributed by atoms with Gasteiger partial charge in [0.25, 0.3) is 0 Å². The Labute approximate surface area is 376 Å². The number of rotatable bonds is 47. The molecule has 0 atom stereocenters. The Bertz CT molecular complexity index is 1050. The number of ether oxygens (including phenoxy) is 2. The van der Waals surface area contributed by atoms with Gasteiger partial charge in [-0.05, 0) is 103 Å². The quantitative estimate of drug-likeness (QED) is 0.0377. The molecule has 352 valence electrons. The number of hydrogen-bond acceptors (Lipinski definition) is 4. The lowest BCUT2D eigenvalue weighted by Crippen LogP contribution is -2.32. The first kappa shape index (κ1) is 56.1. The van der Waals surface area contributed by atoms with Gasteiger partial charge in [0.2, 0.25) is 5.91 Å². The first-order valence-electron chi connectivity index (χ1n) is 26.6. The van der Waals surface area contributed by atoms with E-state index in [0.29, 0.717) is 12.0 Å². The van der Waals surface area contributed by atoms with Crippen LogP contribution in [-0.4, -0.2) is 49.7 Å². The number of nitrogens with zero attached hydrogens (tertiary/aromatic N) is 1. The SMILES string of the molecule is C=C=C(CCCCCCCN(CCCCCCCC(=C=C)OC(CCCCCCCC)CCCCCCCC)CCCNC(=O)C1CC1)OCCC(CCCC)CCCC.[HH]. The van der Waals surface area contributed by atoms with Crippen molar-refractivity contribution in [1.29, 1.82) is 0 Å². The Kier molecular flexibility index (Phi) is 39.6. The number of carbonyl (C=O) groups is 1. The van der Waals surface area contributed by atoms with E-state index in [4.69, 9.17) is 9.47 Å². The van der Waals surface area contributed by atoms with Crippen molar-refractivity contribution in [2.45, 2.75) is 265 Å². The highest BCUT2D eigenvalue weighted by atomic mass is 16.5. The minimum absolute atomic E-state index is 0. The fraction of sp³-hybridized carbons (Fsp3) is 0.873. The van der Waals surface area contributed by atoms with Crippen LogP contribution in [0.4, 0.5) is 0 Å². The third-order valence-corrected chi connectivity index (χ3v) is 12.9. The van der Waals surface area contributed by atoms with E-state index in [-0.39, 0.29) is 7.33 Å². The largest absolute Gasteiger partial charge is 0.490 e. The normalized spacial score (nSPS) is 12.6. The van der Waals surface area contributed by atoms with E-state index in [1.165, 1.54) is 186 Å². The Morgan fingerprint density at radius 2 is 1.02 bits per heavy atom. The summed E-state index contributed by atoms with van der Waals surface area (Å²) in [5.41, 5.74) is 6.28. The van der Waals surface area contributed by atoms with Crippen molar-refractivity contribution in [3.63, 3.8) is 0 Å². The highest BCUT2D eigenvalue weighted by Gasteiger charge is 2.29. The van der Waals surface area contributed by atoms with Gasteiger partial charge < -0.3 is 19.7 Å². The zero-order chi connectivity index (χ0) is 43.6. The maximum Gasteiger partial charge on any atom is 0.223 e. The molecule has 0 spiro atoms. The standard InChI is InChI=1S/C55H102N2O3.H2/c1-7-13-17-19-23-31-40-54(41-32-24-20-18-14-8-2)60-53(12-6)39-30-26-22-28-34-47-57(48-35-45-56-55(58)51-42-43-51)46-33-27-21-25-29-38-52(11-5)59-49-44-50(36-15-9-3)37-16-10-4;/h50-51,54H,5-10,13-49H2,1-4H3,(H,56,58);1H. The third-order valence-electron chi connectivity index (χ3n) is 12.9. The molecule has 0 saturated heterocycles. The molecule has 0 heterocycles. The predicted molar refractivity (Wildman–Crippen MR) is 264 cm³/mol. The second-order valence-electron chi connectivity index (χ2n) is 18.6. The van der Waals surface area contributed by atoms with Crippen molar-refractivity contribution >= 4 is 5.91 Å². The highest BCUT2D eigenvalue weighted by molar-refractivity contribution is 5.80. The number of amides is 1. The third kappa shape index (κ3) is 34.6. The number of nitrogens with one attached hydrogen (secondary N) is 1. The van der Waals surface area contributed by atoms with Gasteiger partial charge in [0, 0.05) is 26.7 Å². The van der Waals surface area contributed by atoms with Crippen LogP contribution in [0.1, 0.15) is 260 Å². The molecule has 1 fully saturated rings. The van der Waals surface area contributed by atoms with Crippen LogP contribution in [0.25, 0.3) is 0 Å². The maximum absolute atomic E-state index is 12.2. The van der Waals surface area contributed by atoms with Crippen molar-refractivity contribution in [2.24, 2.45) is 11.8 Å². The number of allylic oxidation sites excluding steroid dienone is 2. The first-order chi connectivity index (χ1) is 29.5. The molecule has 0 bridgehead atoms. The molecule has 0 radical (unpaired) electrons. The van der Waals surface area contributed by atoms with Gasteiger partial charge in [-0.25, -0.2) is 0 Å². The van der Waals surface area contributed by atoms with Crippen LogP contribution in [-0.2, 0) is 14.3 Å². The fourth-order valence-corrected chi connectivity index (χ4v) is 8.58. The molecule has 5 heteroatoms. The molecular formula is C55H104N2O3. The van der Waals surface area contributed by atoms with Gasteiger partial charge in [0.15, 0.2) is 0 Å². The van der Waals surface area contributed by atoms with E-state index < -0.39 is 0 Å². The van der Waals surface area contributed by atoms with E-state index in [1.54, 1.807) is 0 Å². The Hall–Kier alpha value is -1.93. The highest BCUT2D eigenvalue weighted by Crippen LogP contribution is 2.28. The van der Waals surface area contributed by atoms with E-state index in [1.807, 2.05) is 0 Å². The zero-order valence-corrected chi connectivity index (χ0v) is 40.8. The van der Waals surface area contributed by atoms with Crippen LogP contribution in [0, 0.1) is 11.8 Å². The molecule has 1 rings (SSSR count). The Balaban J connectivity index is 0.0000360. The van der Waals surface area contributed by atoms with Gasteiger partial charge in [-0.3, -0.25) is 4.79 Å². The van der Waals surface area contributed by atoms with Crippen LogP contribution in [0.2, 0.25) is 0 Å². The van der Waals surface area contributed by atoms with Crippen molar-refractivity contribution in [2.75, 3.05) is 32.8 Å². The molecule has 5 nitrogen and oxygen atoms in total. The average Bonchev–Trinajstić information content (AvgIpc) is 4.12. The smallest absolute Gasteiger partial charge is 0.223 e. The molecule has 0 aromatic heterocycles. The molecular weight excluding hydrogens is 737 g/mol. The van der Waals surface area contributed by atoms with Crippen LogP contribution in [0.15, 0.2) is 36.1 Å². The van der Waals surface area contributed by atoms with Gasteiger partial charge in [-0.2, -0.15) is 0 Å². The first-order valence-corrected chi connectivity index (χ1v) is 26.6. The number of unbranched alkanes of at least 4 members (excludes halogenated alkanes) is 20. The average molecular weight is 841 g/mol. The fourth-order valence-electron chi connectivity index (χ4n) is 8.58. The molecule has 1 N–H and O–H groups in total. The number of carbonyl (C=O) groups excluding carboxylic acids is 1. The summed E-state index contributed by atoms with van der Waals surface area (Å²) in [5.74, 6) is 3.35. The summed E-state index contributed by atoms with van der Waals surface area (Å²) in [6.45, 7) is 22.2. The van der Waals surface area contributed by atoms with Crippen molar-refractivity contribution in [1.82, 2.24) is 10.2 Å². The second kappa shape index (κ2) is 42.4. The summed E-state index contributed by atoms with van der Waals surface area (Å²) in [6.07, 6.45) is 45.4. The van der Waals surface area contributed by atoms with Gasteiger partial charge in [-0.1, -0.05) is 194 Å². The summed E-state index contributed by atoms with van der Waals surface area (Å²) >= 11 is 0. The summed E-state index contributed by atoms with van der Waals surface area (Å²) < 4.78 is 12.8. The lowest BCUT2D eigenvalue weighted by Gasteiger charge is -2.22. The molecule has 1 amide bonds. The van der Waals surface area contributed by atoms with Crippen LogP contribution in [0.5, 0.6) is 0 Å². The van der Waals surface area contributed by atoms with Gasteiger partial charge in [0.05, 0.1) is 12.7 Å². The zero-order valence-electron chi connectivity index (χ0n) is 40.8. The lowest BCUT2D eigenvalue weighted by molar-refractivity contribution is -0.122. The van der Waals surface area contributed by atoms with E-state index in [2.05, 4.69) is 62.5 Å². The minimum Gasteiger partial charge on any atom is -0.490 e. The molecule has 0 aromatic carbocycles. The summed E-state index contributed by atoms with van der Waals surface area (Å²) in [5, 5.41) is 3.18. The molecule has 60 heavy (non-hydrogen) atoms. The second-order valence-corrected chi connectivity index (χ2v) is 18.6. The monoisotopic (exact) mass is 841 g/mol. The van der Waals surface area contributed by atoms with Gasteiger partial charge >= 0.3 is 0 Å². The topological polar surface area (TPSA) is 50.8 Å². The lowest BCUT2D eigenvalue weighted by atomic mass is 9.93. The van der Waals surface area contributed by atoms with E-state index in [9.17, 15) is 4.79 Å². The Morgan fingerprint density at radius 3 is 1.52 bits per heavy atom. The van der Waals surface area contributed by atoms with Crippen molar-refractivity contribution < 1.29 is 15.7 Å². The van der Waals surface area contributed by atoms with Crippen LogP contribution in [0.3, 0.4) is 0 Å². The molecule has 0 unspecified atom stereocenters. The van der Waals surface area contributed by atoms with Gasteiger partial charge in [0.1, 0.15) is 11.5 Å². The number of hydrogen-bond donors (Lipinski definition) is 1. The van der Waals surface area contributed by atoms with E-state index in [0.717, 1.165) is 95.0 Å². The summed E-state index contributed by atoms with van der Waals surface area (Å²) in [7, 11) is 0. The van der Waals surface area contributed by atoms with Crippen LogP contribution >= 0.6 is 0 Å². The summed E-state index contributed by atoms with van der Waals surface area (Å²) in [6, 6.07) is 0. The molecule has 0 aromatic rings. The Morgan fingerprint density at radius 1 is 0.567 bits per heavy atom. The van der Waals surface area contributed by atoms with Gasteiger partial charge in [-0.15, -0.1) is 0 Å². The van der Waals surface area contributed by atoms with Crippen molar-refractivity contribution in [3.05, 3.63) is 36.1 Å². The maximum atomic E-state index is 12.2. The summed E-state index contributed by atoms with van der Waals surface area (Å²) in [4.78, 5) is 14.8. The van der Waals surface area contributed by atoms with Crippen LogP contribution < -0.4 is 5.32 Å². The molecule has 1 aliphatic carbocycles. The van der Waals surface area contributed by atoms with Crippen molar-refractivity contribution in [3.8, 4) is 0 Å².